The first-order chi connectivity index (χ1) is 15.2. The van der Waals surface area contributed by atoms with Crippen LogP contribution in [-0.2, 0) is 6.54 Å². The molecule has 0 atom stereocenters. The fourth-order valence-corrected chi connectivity index (χ4v) is 3.69. The molecule has 0 spiro atoms. The summed E-state index contributed by atoms with van der Waals surface area (Å²) in [5.74, 6) is -0.299. The van der Waals surface area contributed by atoms with Gasteiger partial charge in [-0.15, -0.1) is 0 Å². The molecule has 154 valence electrons. The van der Waals surface area contributed by atoms with Crippen LogP contribution >= 0.6 is 0 Å². The molecular weight excluding hydrogens is 393 g/mol. The minimum Gasteiger partial charge on any atom is -0.396 e. The Morgan fingerprint density at radius 2 is 1.74 bits per heavy atom. The first-order valence-electron chi connectivity index (χ1n) is 10.1. The third kappa shape index (κ3) is 3.71. The van der Waals surface area contributed by atoms with Gasteiger partial charge in [-0.25, -0.2) is 14.4 Å². The van der Waals surface area contributed by atoms with Crippen molar-refractivity contribution >= 4 is 11.0 Å². The molecule has 0 amide bonds. The molecule has 2 N–H and O–H groups in total. The van der Waals surface area contributed by atoms with Crippen molar-refractivity contribution in [2.45, 2.75) is 13.0 Å². The zero-order valence-corrected chi connectivity index (χ0v) is 16.7. The standard InChI is InChI=1S/C24H20FN5O/c25-18-9-7-17(8-10-18)22-20(14-30(29-22)11-4-12-31)23-19-13-21(16-5-2-1-3-6-16)28-24(19)27-15-26-23/h1-3,5-10,13-15,31H,4,11-12H2,(H,26,27,28). The van der Waals surface area contributed by atoms with E-state index in [0.29, 0.717) is 18.7 Å². The highest BCUT2D eigenvalue weighted by Gasteiger charge is 2.18. The van der Waals surface area contributed by atoms with Crippen LogP contribution in [0.15, 0.2) is 73.2 Å². The van der Waals surface area contributed by atoms with Crippen molar-refractivity contribution in [1.82, 2.24) is 24.7 Å². The summed E-state index contributed by atoms with van der Waals surface area (Å²) in [6.45, 7) is 0.651. The topological polar surface area (TPSA) is 79.6 Å². The second kappa shape index (κ2) is 8.12. The first-order valence-corrected chi connectivity index (χ1v) is 10.1. The van der Waals surface area contributed by atoms with Gasteiger partial charge in [0.1, 0.15) is 23.5 Å². The Hall–Kier alpha value is -3.84. The summed E-state index contributed by atoms with van der Waals surface area (Å²) in [5, 5.41) is 14.8. The van der Waals surface area contributed by atoms with Crippen LogP contribution in [0.25, 0.3) is 44.8 Å². The van der Waals surface area contributed by atoms with E-state index in [4.69, 9.17) is 5.10 Å². The van der Waals surface area contributed by atoms with Gasteiger partial charge in [-0.05, 0) is 42.3 Å². The van der Waals surface area contributed by atoms with Crippen molar-refractivity contribution in [2.24, 2.45) is 0 Å². The quantitative estimate of drug-likeness (QED) is 0.424. The third-order valence-electron chi connectivity index (χ3n) is 5.19. The Morgan fingerprint density at radius 3 is 2.52 bits per heavy atom. The van der Waals surface area contributed by atoms with Gasteiger partial charge in [-0.1, -0.05) is 30.3 Å². The Bertz CT molecular complexity index is 1330. The van der Waals surface area contributed by atoms with E-state index in [1.807, 2.05) is 42.6 Å². The summed E-state index contributed by atoms with van der Waals surface area (Å²) < 4.78 is 15.3. The van der Waals surface area contributed by atoms with Crippen molar-refractivity contribution in [1.29, 1.82) is 0 Å². The Balaban J connectivity index is 1.67. The van der Waals surface area contributed by atoms with Crippen molar-refractivity contribution < 1.29 is 9.50 Å². The minimum atomic E-state index is -0.299. The lowest BCUT2D eigenvalue weighted by Crippen LogP contribution is -2.00. The predicted octanol–water partition coefficient (Wildman–Crippen LogP) is 4.68. The van der Waals surface area contributed by atoms with Gasteiger partial charge in [0.2, 0.25) is 0 Å². The summed E-state index contributed by atoms with van der Waals surface area (Å²) in [6, 6.07) is 18.3. The normalized spacial score (nSPS) is 11.3. The van der Waals surface area contributed by atoms with E-state index in [1.54, 1.807) is 16.8 Å². The number of aromatic amines is 1. The van der Waals surface area contributed by atoms with Crippen molar-refractivity contribution in [3.05, 3.63) is 79.0 Å². The lowest BCUT2D eigenvalue weighted by Gasteiger charge is -2.03. The van der Waals surface area contributed by atoms with Crippen LogP contribution in [-0.4, -0.2) is 36.4 Å². The Labute approximate surface area is 178 Å². The molecule has 5 aromatic rings. The summed E-state index contributed by atoms with van der Waals surface area (Å²) >= 11 is 0. The number of fused-ring (bicyclic) bond motifs is 1. The molecule has 2 aromatic carbocycles. The number of benzene rings is 2. The molecule has 6 nitrogen and oxygen atoms in total. The molecule has 0 fully saturated rings. The Kier molecular flexibility index (Phi) is 5.01. The minimum absolute atomic E-state index is 0.0804. The molecule has 3 heterocycles. The fourth-order valence-electron chi connectivity index (χ4n) is 3.69. The number of nitrogens with zero attached hydrogens (tertiary/aromatic N) is 4. The maximum atomic E-state index is 13.5. The van der Waals surface area contributed by atoms with Crippen LogP contribution in [0.5, 0.6) is 0 Å². The molecule has 0 aliphatic heterocycles. The average Bonchev–Trinajstić information content (AvgIpc) is 3.43. The van der Waals surface area contributed by atoms with Crippen LogP contribution in [0.2, 0.25) is 0 Å². The van der Waals surface area contributed by atoms with Crippen LogP contribution in [0.4, 0.5) is 4.39 Å². The maximum absolute atomic E-state index is 13.5. The molecule has 31 heavy (non-hydrogen) atoms. The SMILES string of the molecule is OCCCn1cc(-c2ncnc3[nH]c(-c4ccccc4)cc23)c(-c2ccc(F)cc2)n1. The van der Waals surface area contributed by atoms with E-state index in [1.165, 1.54) is 18.5 Å². The Morgan fingerprint density at radius 1 is 0.935 bits per heavy atom. The summed E-state index contributed by atoms with van der Waals surface area (Å²) in [5.41, 5.74) is 5.83. The number of rotatable bonds is 6. The number of hydrogen-bond donors (Lipinski definition) is 2. The lowest BCUT2D eigenvalue weighted by molar-refractivity contribution is 0.277. The molecule has 0 aliphatic rings. The van der Waals surface area contributed by atoms with Crippen LogP contribution in [0.1, 0.15) is 6.42 Å². The molecule has 7 heteroatoms. The van der Waals surface area contributed by atoms with Crippen molar-refractivity contribution in [3.63, 3.8) is 0 Å². The molecule has 5 rings (SSSR count). The largest absolute Gasteiger partial charge is 0.396 e. The molecule has 0 saturated carbocycles. The number of halogens is 1. The number of aryl methyl sites for hydroxylation is 1. The van der Waals surface area contributed by atoms with Gasteiger partial charge in [0.05, 0.1) is 5.69 Å². The number of hydrogen-bond acceptors (Lipinski definition) is 4. The third-order valence-corrected chi connectivity index (χ3v) is 5.19. The number of aromatic nitrogens is 5. The second-order valence-corrected chi connectivity index (χ2v) is 7.27. The molecule has 0 radical (unpaired) electrons. The zero-order chi connectivity index (χ0) is 21.2. The van der Waals surface area contributed by atoms with E-state index < -0.39 is 0 Å². The molecule has 0 aliphatic carbocycles. The lowest BCUT2D eigenvalue weighted by atomic mass is 10.0. The van der Waals surface area contributed by atoms with Gasteiger partial charge in [-0.2, -0.15) is 5.10 Å². The van der Waals surface area contributed by atoms with E-state index in [2.05, 4.69) is 15.0 Å². The highest BCUT2D eigenvalue weighted by molar-refractivity contribution is 5.97. The van der Waals surface area contributed by atoms with Crippen LogP contribution < -0.4 is 0 Å². The summed E-state index contributed by atoms with van der Waals surface area (Å²) in [4.78, 5) is 12.3. The maximum Gasteiger partial charge on any atom is 0.141 e. The van der Waals surface area contributed by atoms with E-state index in [-0.39, 0.29) is 12.4 Å². The smallest absolute Gasteiger partial charge is 0.141 e. The van der Waals surface area contributed by atoms with E-state index >= 15 is 0 Å². The van der Waals surface area contributed by atoms with Crippen molar-refractivity contribution in [3.8, 4) is 33.8 Å². The molecule has 0 unspecified atom stereocenters. The van der Waals surface area contributed by atoms with Crippen LogP contribution in [0.3, 0.4) is 0 Å². The first kappa shape index (κ1) is 19.1. The average molecular weight is 413 g/mol. The van der Waals surface area contributed by atoms with Gasteiger partial charge in [0.15, 0.2) is 0 Å². The van der Waals surface area contributed by atoms with Gasteiger partial charge in [-0.3, -0.25) is 4.68 Å². The molecule has 0 saturated heterocycles. The van der Waals surface area contributed by atoms with E-state index in [0.717, 1.165) is 39.1 Å². The fraction of sp³-hybridized carbons (Fsp3) is 0.125. The second-order valence-electron chi connectivity index (χ2n) is 7.27. The van der Waals surface area contributed by atoms with Crippen LogP contribution in [0, 0.1) is 5.82 Å². The highest BCUT2D eigenvalue weighted by Crippen LogP contribution is 2.35. The molecule has 0 bridgehead atoms. The zero-order valence-electron chi connectivity index (χ0n) is 16.7. The van der Waals surface area contributed by atoms with Gasteiger partial charge >= 0.3 is 0 Å². The number of nitrogens with one attached hydrogen (secondary N) is 1. The number of H-pyrrole nitrogens is 1. The molecular formula is C24H20FN5O. The summed E-state index contributed by atoms with van der Waals surface area (Å²) in [7, 11) is 0. The van der Waals surface area contributed by atoms with Gasteiger partial charge < -0.3 is 10.1 Å². The number of aliphatic hydroxyl groups is 1. The van der Waals surface area contributed by atoms with E-state index in [9.17, 15) is 9.50 Å². The monoisotopic (exact) mass is 413 g/mol. The molecule has 3 aromatic heterocycles. The van der Waals surface area contributed by atoms with Gasteiger partial charge in [0, 0.05) is 41.6 Å². The van der Waals surface area contributed by atoms with Gasteiger partial charge in [0.25, 0.3) is 0 Å². The highest BCUT2D eigenvalue weighted by atomic mass is 19.1. The predicted molar refractivity (Wildman–Crippen MR) is 118 cm³/mol. The number of aliphatic hydroxyl groups excluding tert-OH is 1. The summed E-state index contributed by atoms with van der Waals surface area (Å²) in [6.07, 6.45) is 4.04. The van der Waals surface area contributed by atoms with Crippen molar-refractivity contribution in [2.75, 3.05) is 6.61 Å².